The fourth-order valence-corrected chi connectivity index (χ4v) is 1.18. The normalized spacial score (nSPS) is 10.0. The lowest BCUT2D eigenvalue weighted by Gasteiger charge is -2.04. The number of aromatic amines is 1. The molecule has 1 N–H and O–H groups in total. The molecule has 0 aliphatic heterocycles. The molecule has 0 fully saturated rings. The minimum atomic E-state index is -0.283. The molecule has 6 heteroatoms. The molecule has 2 heterocycles. The maximum Gasteiger partial charge on any atom is 0.267 e. The Morgan fingerprint density at radius 1 is 1.38 bits per heavy atom. The Balaban J connectivity index is 2.02. The number of nitrogens with one attached hydrogen (secondary N) is 1. The van der Waals surface area contributed by atoms with Gasteiger partial charge in [0.25, 0.3) is 5.56 Å². The van der Waals surface area contributed by atoms with Gasteiger partial charge in [0.2, 0.25) is 0 Å². The number of hydrogen-bond donors (Lipinski definition) is 1. The van der Waals surface area contributed by atoms with Gasteiger partial charge in [-0.05, 0) is 6.07 Å². The van der Waals surface area contributed by atoms with Crippen LogP contribution in [0.25, 0.3) is 0 Å². The van der Waals surface area contributed by atoms with Gasteiger partial charge in [-0.1, -0.05) is 11.5 Å². The largest absolute Gasteiger partial charge is 0.485 e. The standard InChI is InChI=1S/C10H10BN3O2/c11-7-1-2-8(12-4-7)6-16-9-3-10(15)14-13-5-9/h1-5H,6,11H2,(H,14,15). The Hall–Kier alpha value is -2.11. The van der Waals surface area contributed by atoms with E-state index in [0.29, 0.717) is 12.4 Å². The van der Waals surface area contributed by atoms with Gasteiger partial charge in [-0.25, -0.2) is 5.10 Å². The highest BCUT2D eigenvalue weighted by atomic mass is 16.5. The van der Waals surface area contributed by atoms with Crippen molar-refractivity contribution in [3.63, 3.8) is 0 Å². The summed E-state index contributed by atoms with van der Waals surface area (Å²) in [6.07, 6.45) is 3.23. The molecule has 0 amide bonds. The van der Waals surface area contributed by atoms with E-state index >= 15 is 0 Å². The zero-order chi connectivity index (χ0) is 11.4. The molecule has 0 aliphatic rings. The van der Waals surface area contributed by atoms with Gasteiger partial charge in [0, 0.05) is 12.3 Å². The summed E-state index contributed by atoms with van der Waals surface area (Å²) in [5, 5.41) is 5.90. The average molecular weight is 215 g/mol. The molecule has 80 valence electrons. The number of H-pyrrole nitrogens is 1. The highest BCUT2D eigenvalue weighted by molar-refractivity contribution is 6.31. The fraction of sp³-hybridized carbons (Fsp3) is 0.100. The predicted octanol–water partition coefficient (Wildman–Crippen LogP) is -0.998. The van der Waals surface area contributed by atoms with Gasteiger partial charge in [-0.2, -0.15) is 5.10 Å². The maximum atomic E-state index is 10.9. The van der Waals surface area contributed by atoms with Crippen molar-refractivity contribution in [3.8, 4) is 5.75 Å². The molecule has 0 saturated heterocycles. The first-order valence-electron chi connectivity index (χ1n) is 4.83. The van der Waals surface area contributed by atoms with Gasteiger partial charge in [0.1, 0.15) is 20.2 Å². The highest BCUT2D eigenvalue weighted by Gasteiger charge is 1.98. The number of pyridine rings is 1. The zero-order valence-corrected chi connectivity index (χ0v) is 8.80. The fourth-order valence-electron chi connectivity index (χ4n) is 1.18. The zero-order valence-electron chi connectivity index (χ0n) is 8.80. The Labute approximate surface area is 92.9 Å². The van der Waals surface area contributed by atoms with E-state index < -0.39 is 0 Å². The van der Waals surface area contributed by atoms with Crippen molar-refractivity contribution in [1.82, 2.24) is 15.2 Å². The Morgan fingerprint density at radius 2 is 2.25 bits per heavy atom. The molecular weight excluding hydrogens is 205 g/mol. The second-order valence-electron chi connectivity index (χ2n) is 3.40. The van der Waals surface area contributed by atoms with Crippen LogP contribution in [0.15, 0.2) is 35.4 Å². The molecular formula is C10H10BN3O2. The van der Waals surface area contributed by atoms with Crippen LogP contribution in [0.1, 0.15) is 5.69 Å². The van der Waals surface area contributed by atoms with Gasteiger partial charge in [-0.15, -0.1) is 0 Å². The first kappa shape index (κ1) is 10.4. The minimum Gasteiger partial charge on any atom is -0.485 e. The smallest absolute Gasteiger partial charge is 0.267 e. The first-order chi connectivity index (χ1) is 7.74. The van der Waals surface area contributed by atoms with Crippen LogP contribution in [0.3, 0.4) is 0 Å². The first-order valence-corrected chi connectivity index (χ1v) is 4.83. The second-order valence-corrected chi connectivity index (χ2v) is 3.40. The monoisotopic (exact) mass is 215 g/mol. The quantitative estimate of drug-likeness (QED) is 0.667. The van der Waals surface area contributed by atoms with E-state index in [1.807, 2.05) is 20.0 Å². The third kappa shape index (κ3) is 2.69. The minimum absolute atomic E-state index is 0.283. The lowest BCUT2D eigenvalue weighted by atomic mass is 9.99. The van der Waals surface area contributed by atoms with Crippen LogP contribution in [0.4, 0.5) is 0 Å². The van der Waals surface area contributed by atoms with Crippen LogP contribution >= 0.6 is 0 Å². The van der Waals surface area contributed by atoms with E-state index in [1.165, 1.54) is 12.3 Å². The second kappa shape index (κ2) is 4.61. The van der Waals surface area contributed by atoms with Gasteiger partial charge in [0.05, 0.1) is 11.9 Å². The Kier molecular flexibility index (Phi) is 3.00. The molecule has 0 spiro atoms. The predicted molar refractivity (Wildman–Crippen MR) is 61.6 cm³/mol. The third-order valence-corrected chi connectivity index (χ3v) is 2.00. The van der Waals surface area contributed by atoms with Gasteiger partial charge < -0.3 is 4.74 Å². The molecule has 0 aromatic carbocycles. The average Bonchev–Trinajstić information content (AvgIpc) is 2.28. The van der Waals surface area contributed by atoms with Crippen LogP contribution in [0.2, 0.25) is 0 Å². The van der Waals surface area contributed by atoms with Gasteiger partial charge in [-0.3, -0.25) is 9.78 Å². The molecule has 0 atom stereocenters. The van der Waals surface area contributed by atoms with E-state index in [4.69, 9.17) is 4.74 Å². The van der Waals surface area contributed by atoms with E-state index in [0.717, 1.165) is 11.2 Å². The molecule has 0 saturated carbocycles. The topological polar surface area (TPSA) is 67.9 Å². The lowest BCUT2D eigenvalue weighted by molar-refractivity contribution is 0.299. The summed E-state index contributed by atoms with van der Waals surface area (Å²) in [7, 11) is 1.97. The molecule has 0 bridgehead atoms. The van der Waals surface area contributed by atoms with Crippen molar-refractivity contribution in [1.29, 1.82) is 0 Å². The van der Waals surface area contributed by atoms with Gasteiger partial charge in [0.15, 0.2) is 0 Å². The molecule has 0 unspecified atom stereocenters. The maximum absolute atomic E-state index is 10.9. The summed E-state index contributed by atoms with van der Waals surface area (Å²) < 4.78 is 5.37. The Morgan fingerprint density at radius 3 is 2.94 bits per heavy atom. The van der Waals surface area contributed by atoms with Crippen molar-refractivity contribution >= 4 is 13.3 Å². The summed E-state index contributed by atoms with van der Waals surface area (Å²) in [6.45, 7) is 0.325. The molecule has 5 nitrogen and oxygen atoms in total. The van der Waals surface area contributed by atoms with Crippen LogP contribution in [-0.4, -0.2) is 23.0 Å². The number of aromatic nitrogens is 3. The molecule has 2 aromatic heterocycles. The highest BCUT2D eigenvalue weighted by Crippen LogP contribution is 2.05. The van der Waals surface area contributed by atoms with Crippen molar-refractivity contribution in [2.45, 2.75) is 6.61 Å². The summed E-state index contributed by atoms with van der Waals surface area (Å²) in [6, 6.07) is 5.19. The summed E-state index contributed by atoms with van der Waals surface area (Å²) in [5.74, 6) is 0.436. The van der Waals surface area contributed by atoms with Gasteiger partial charge >= 0.3 is 0 Å². The van der Waals surface area contributed by atoms with E-state index in [1.54, 1.807) is 6.20 Å². The SMILES string of the molecule is Bc1ccc(COc2cn[nH]c(=O)c2)nc1. The summed E-state index contributed by atoms with van der Waals surface area (Å²) >= 11 is 0. The number of rotatable bonds is 3. The third-order valence-electron chi connectivity index (χ3n) is 2.00. The van der Waals surface area contributed by atoms with Crippen LogP contribution in [0, 0.1) is 0 Å². The molecule has 2 rings (SSSR count). The number of nitrogens with zero attached hydrogens (tertiary/aromatic N) is 2. The Bertz CT molecular complexity index is 524. The van der Waals surface area contributed by atoms with E-state index in [9.17, 15) is 4.79 Å². The molecule has 16 heavy (non-hydrogen) atoms. The van der Waals surface area contributed by atoms with Crippen molar-refractivity contribution < 1.29 is 4.74 Å². The molecule has 0 radical (unpaired) electrons. The molecule has 0 aliphatic carbocycles. The van der Waals surface area contributed by atoms with Crippen LogP contribution in [-0.2, 0) is 6.61 Å². The number of ether oxygens (including phenoxy) is 1. The summed E-state index contributed by atoms with van der Waals surface area (Å²) in [5.41, 5.74) is 1.63. The van der Waals surface area contributed by atoms with Crippen molar-refractivity contribution in [3.05, 3.63) is 46.6 Å². The number of hydrogen-bond acceptors (Lipinski definition) is 4. The lowest BCUT2D eigenvalue weighted by Crippen LogP contribution is -2.09. The van der Waals surface area contributed by atoms with E-state index in [-0.39, 0.29) is 5.56 Å². The van der Waals surface area contributed by atoms with Crippen molar-refractivity contribution in [2.24, 2.45) is 0 Å². The summed E-state index contributed by atoms with van der Waals surface area (Å²) in [4.78, 5) is 15.1. The molecule has 2 aromatic rings. The van der Waals surface area contributed by atoms with Crippen LogP contribution < -0.4 is 15.8 Å². The van der Waals surface area contributed by atoms with Crippen LogP contribution in [0.5, 0.6) is 5.75 Å². The van der Waals surface area contributed by atoms with Crippen molar-refractivity contribution in [2.75, 3.05) is 0 Å². The van der Waals surface area contributed by atoms with E-state index in [2.05, 4.69) is 15.2 Å².